The molecule has 4 aromatic rings. The largest absolute Gasteiger partial charge is 0.374 e. The minimum Gasteiger partial charge on any atom is -0.374 e. The lowest BCUT2D eigenvalue weighted by atomic mass is 10.0. The third-order valence-corrected chi connectivity index (χ3v) is 7.05. The maximum Gasteiger partial charge on any atom is 0.261 e. The first-order valence-corrected chi connectivity index (χ1v) is 11.3. The van der Waals surface area contributed by atoms with Crippen LogP contribution in [-0.4, -0.2) is 31.6 Å². The van der Waals surface area contributed by atoms with Gasteiger partial charge in [-0.15, -0.1) is 0 Å². The van der Waals surface area contributed by atoms with Crippen molar-refractivity contribution in [3.63, 3.8) is 0 Å². The maximum absolute atomic E-state index is 12.9. The minimum absolute atomic E-state index is 0.230. The molecule has 1 aliphatic rings. The Labute approximate surface area is 175 Å². The van der Waals surface area contributed by atoms with E-state index in [0.29, 0.717) is 5.69 Å². The van der Waals surface area contributed by atoms with Crippen molar-refractivity contribution in [2.24, 2.45) is 7.05 Å². The molecule has 2 aromatic heterocycles. The minimum atomic E-state index is -3.71. The van der Waals surface area contributed by atoms with Crippen LogP contribution in [-0.2, 0) is 23.5 Å². The number of sulfonamides is 1. The highest BCUT2D eigenvalue weighted by Gasteiger charge is 2.21. The molecule has 0 bridgehead atoms. The zero-order valence-electron chi connectivity index (χ0n) is 16.8. The molecular weight excluding hydrogens is 396 g/mol. The molecule has 0 saturated carbocycles. The van der Waals surface area contributed by atoms with Gasteiger partial charge in [-0.3, -0.25) is 4.72 Å². The Hall–Kier alpha value is -3.32. The van der Waals surface area contributed by atoms with E-state index in [1.807, 2.05) is 17.8 Å². The number of likely N-dealkylation sites (N-methyl/N-ethyl adjacent to an activating group) is 1. The van der Waals surface area contributed by atoms with Crippen molar-refractivity contribution in [1.82, 2.24) is 9.55 Å². The van der Waals surface area contributed by atoms with Crippen LogP contribution in [0.5, 0.6) is 0 Å². The van der Waals surface area contributed by atoms with Gasteiger partial charge in [0, 0.05) is 44.3 Å². The molecule has 152 valence electrons. The Morgan fingerprint density at radius 3 is 2.63 bits per heavy atom. The molecule has 0 spiro atoms. The summed E-state index contributed by atoms with van der Waals surface area (Å²) in [6.45, 7) is 1.01. The zero-order valence-corrected chi connectivity index (χ0v) is 17.6. The number of hydrogen-bond donors (Lipinski definition) is 1. The molecule has 2 aromatic carbocycles. The quantitative estimate of drug-likeness (QED) is 0.543. The lowest BCUT2D eigenvalue weighted by Gasteiger charge is -2.13. The molecule has 6 nitrogen and oxygen atoms in total. The zero-order chi connectivity index (χ0) is 20.9. The SMILES string of the molecule is CN1CCc2cc(-c3cn(C)c4nccc(NS(=O)(=O)c5ccccc5)c34)ccc21. The van der Waals surface area contributed by atoms with Crippen molar-refractivity contribution in [2.75, 3.05) is 23.2 Å². The van der Waals surface area contributed by atoms with E-state index in [4.69, 9.17) is 0 Å². The standard InChI is InChI=1S/C23H22N4O2S/c1-26-13-11-17-14-16(8-9-21(17)26)19-15-27(2)23-22(19)20(10-12-24-23)25-30(28,29)18-6-4-3-5-7-18/h3-10,12,14-15H,11,13H2,1-2H3,(H,24,25). The van der Waals surface area contributed by atoms with Gasteiger partial charge in [-0.25, -0.2) is 13.4 Å². The predicted octanol–water partition coefficient (Wildman–Crippen LogP) is 4.03. The van der Waals surface area contributed by atoms with Gasteiger partial charge in [-0.2, -0.15) is 0 Å². The summed E-state index contributed by atoms with van der Waals surface area (Å²) in [5, 5.41) is 0.797. The number of nitrogens with one attached hydrogen (secondary N) is 1. The van der Waals surface area contributed by atoms with Crippen LogP contribution in [0.4, 0.5) is 11.4 Å². The Morgan fingerprint density at radius 1 is 1.03 bits per heavy atom. The summed E-state index contributed by atoms with van der Waals surface area (Å²) < 4.78 is 30.6. The second-order valence-electron chi connectivity index (χ2n) is 7.64. The molecule has 5 rings (SSSR count). The third-order valence-electron chi connectivity index (χ3n) is 5.67. The Kier molecular flexibility index (Phi) is 4.29. The number of benzene rings is 2. The second kappa shape index (κ2) is 6.88. The average molecular weight is 419 g/mol. The van der Waals surface area contributed by atoms with Crippen LogP contribution in [0.1, 0.15) is 5.56 Å². The van der Waals surface area contributed by atoms with E-state index in [2.05, 4.69) is 39.9 Å². The van der Waals surface area contributed by atoms with Gasteiger partial charge in [0.2, 0.25) is 0 Å². The van der Waals surface area contributed by atoms with Crippen molar-refractivity contribution in [3.05, 3.63) is 72.6 Å². The van der Waals surface area contributed by atoms with E-state index in [-0.39, 0.29) is 4.90 Å². The topological polar surface area (TPSA) is 67.2 Å². The predicted molar refractivity (Wildman–Crippen MR) is 120 cm³/mol. The monoisotopic (exact) mass is 418 g/mol. The van der Waals surface area contributed by atoms with E-state index in [0.717, 1.165) is 35.1 Å². The van der Waals surface area contributed by atoms with Gasteiger partial charge in [0.25, 0.3) is 10.0 Å². The normalized spacial score (nSPS) is 13.6. The van der Waals surface area contributed by atoms with Gasteiger partial charge in [0.05, 0.1) is 16.0 Å². The summed E-state index contributed by atoms with van der Waals surface area (Å²) in [7, 11) is 0.322. The molecular formula is C23H22N4O2S. The molecule has 30 heavy (non-hydrogen) atoms. The number of anilines is 2. The maximum atomic E-state index is 12.9. The molecule has 0 atom stereocenters. The fourth-order valence-corrected chi connectivity index (χ4v) is 5.24. The van der Waals surface area contributed by atoms with Crippen LogP contribution in [0, 0.1) is 0 Å². The van der Waals surface area contributed by atoms with E-state index in [9.17, 15) is 8.42 Å². The Balaban J connectivity index is 1.65. The van der Waals surface area contributed by atoms with Crippen molar-refractivity contribution in [1.29, 1.82) is 0 Å². The van der Waals surface area contributed by atoms with Gasteiger partial charge in [0.1, 0.15) is 5.65 Å². The molecule has 0 unspecified atom stereocenters. The molecule has 0 aliphatic carbocycles. The highest BCUT2D eigenvalue weighted by molar-refractivity contribution is 7.92. The highest BCUT2D eigenvalue weighted by atomic mass is 32.2. The van der Waals surface area contributed by atoms with Crippen LogP contribution < -0.4 is 9.62 Å². The van der Waals surface area contributed by atoms with Crippen LogP contribution in [0.15, 0.2) is 71.9 Å². The van der Waals surface area contributed by atoms with Crippen molar-refractivity contribution in [2.45, 2.75) is 11.3 Å². The molecule has 0 amide bonds. The van der Waals surface area contributed by atoms with Crippen molar-refractivity contribution < 1.29 is 8.42 Å². The first-order chi connectivity index (χ1) is 14.4. The van der Waals surface area contributed by atoms with Crippen LogP contribution >= 0.6 is 0 Å². The van der Waals surface area contributed by atoms with E-state index in [1.54, 1.807) is 42.6 Å². The summed E-state index contributed by atoms with van der Waals surface area (Å²) in [5.41, 5.74) is 5.84. The number of nitrogens with zero attached hydrogens (tertiary/aromatic N) is 3. The summed E-state index contributed by atoms with van der Waals surface area (Å²) >= 11 is 0. The Bertz CT molecular complexity index is 1360. The lowest BCUT2D eigenvalue weighted by Crippen LogP contribution is -2.13. The smallest absolute Gasteiger partial charge is 0.261 e. The van der Waals surface area contributed by atoms with Gasteiger partial charge < -0.3 is 9.47 Å². The van der Waals surface area contributed by atoms with Gasteiger partial charge in [-0.1, -0.05) is 24.3 Å². The van der Waals surface area contributed by atoms with E-state index < -0.39 is 10.0 Å². The third kappa shape index (κ3) is 3.02. The molecule has 1 aliphatic heterocycles. The van der Waals surface area contributed by atoms with Crippen molar-refractivity contribution in [3.8, 4) is 11.1 Å². The lowest BCUT2D eigenvalue weighted by molar-refractivity contribution is 0.601. The molecule has 0 radical (unpaired) electrons. The summed E-state index contributed by atoms with van der Waals surface area (Å²) in [6.07, 6.45) is 4.65. The number of pyridine rings is 1. The highest BCUT2D eigenvalue weighted by Crippen LogP contribution is 2.38. The Morgan fingerprint density at radius 2 is 1.83 bits per heavy atom. The number of fused-ring (bicyclic) bond motifs is 2. The summed E-state index contributed by atoms with van der Waals surface area (Å²) in [5.74, 6) is 0. The molecule has 0 fully saturated rings. The summed E-state index contributed by atoms with van der Waals surface area (Å²) in [4.78, 5) is 6.98. The average Bonchev–Trinajstić information content (AvgIpc) is 3.29. The fraction of sp³-hybridized carbons (Fsp3) is 0.174. The van der Waals surface area contributed by atoms with Crippen LogP contribution in [0.3, 0.4) is 0 Å². The molecule has 1 N–H and O–H groups in total. The summed E-state index contributed by atoms with van der Waals surface area (Å²) in [6, 6.07) is 16.6. The van der Waals surface area contributed by atoms with Crippen LogP contribution in [0.2, 0.25) is 0 Å². The van der Waals surface area contributed by atoms with Gasteiger partial charge >= 0.3 is 0 Å². The second-order valence-corrected chi connectivity index (χ2v) is 9.33. The van der Waals surface area contributed by atoms with Gasteiger partial charge in [-0.05, 0) is 47.9 Å². The fourth-order valence-electron chi connectivity index (χ4n) is 4.14. The van der Waals surface area contributed by atoms with Gasteiger partial charge in [0.15, 0.2) is 0 Å². The molecule has 0 saturated heterocycles. The first-order valence-electron chi connectivity index (χ1n) is 9.80. The molecule has 3 heterocycles. The number of aromatic nitrogens is 2. The molecule has 7 heteroatoms. The first kappa shape index (κ1) is 18.7. The van der Waals surface area contributed by atoms with E-state index >= 15 is 0 Å². The van der Waals surface area contributed by atoms with Crippen molar-refractivity contribution >= 4 is 32.4 Å². The van der Waals surface area contributed by atoms with E-state index in [1.165, 1.54) is 11.3 Å². The number of rotatable bonds is 4. The number of hydrogen-bond acceptors (Lipinski definition) is 4. The number of aryl methyl sites for hydroxylation is 1. The van der Waals surface area contributed by atoms with Crippen LogP contribution in [0.25, 0.3) is 22.2 Å².